The number of carbonyl (C=O) groups is 1. The van der Waals surface area contributed by atoms with Crippen molar-refractivity contribution in [2.24, 2.45) is 0 Å². The second-order valence-corrected chi connectivity index (χ2v) is 6.43. The number of carbonyl (C=O) groups excluding carboxylic acids is 1. The molecule has 1 atom stereocenters. The van der Waals surface area contributed by atoms with Crippen molar-refractivity contribution in [1.82, 2.24) is 5.32 Å². The molecule has 4 heteroatoms. The molecule has 1 N–H and O–H groups in total. The van der Waals surface area contributed by atoms with Crippen LogP contribution in [-0.4, -0.2) is 11.7 Å². The van der Waals surface area contributed by atoms with Gasteiger partial charge in [-0.2, -0.15) is 0 Å². The van der Waals surface area contributed by atoms with Crippen molar-refractivity contribution in [1.29, 1.82) is 0 Å². The average Bonchev–Trinajstić information content (AvgIpc) is 2.31. The standard InChI is InChI=1S/C15H18BrNO2/c1-15(2,3)19-14(18)17-13-9-8-12(16)10-6-4-5-7-11(10)13/h4-8,13H,9H2,1-3H3,(H,17,18)/t13-/m0/s1. The number of ether oxygens (including phenoxy) is 1. The first-order chi connectivity index (χ1) is 8.87. The lowest BCUT2D eigenvalue weighted by Crippen LogP contribution is -2.35. The van der Waals surface area contributed by atoms with E-state index in [1.807, 2.05) is 45.0 Å². The van der Waals surface area contributed by atoms with Crippen LogP contribution in [0.2, 0.25) is 0 Å². The molecule has 3 nitrogen and oxygen atoms in total. The first-order valence-electron chi connectivity index (χ1n) is 6.31. The molecular weight excluding hydrogens is 306 g/mol. The number of benzene rings is 1. The molecule has 1 aliphatic carbocycles. The highest BCUT2D eigenvalue weighted by molar-refractivity contribution is 9.15. The van der Waals surface area contributed by atoms with E-state index in [1.54, 1.807) is 0 Å². The van der Waals surface area contributed by atoms with Gasteiger partial charge < -0.3 is 10.1 Å². The Hall–Kier alpha value is -1.29. The van der Waals surface area contributed by atoms with Gasteiger partial charge in [0.05, 0.1) is 6.04 Å². The van der Waals surface area contributed by atoms with E-state index in [0.29, 0.717) is 0 Å². The molecule has 1 aromatic carbocycles. The number of hydrogen-bond acceptors (Lipinski definition) is 2. The number of alkyl carbamates (subject to hydrolysis) is 1. The van der Waals surface area contributed by atoms with Crippen LogP contribution in [0.3, 0.4) is 0 Å². The van der Waals surface area contributed by atoms with Crippen molar-refractivity contribution in [3.05, 3.63) is 41.5 Å². The summed E-state index contributed by atoms with van der Waals surface area (Å²) in [6.07, 6.45) is 2.46. The summed E-state index contributed by atoms with van der Waals surface area (Å²) in [5.41, 5.74) is 1.76. The van der Waals surface area contributed by atoms with Gasteiger partial charge in [0.15, 0.2) is 0 Å². The minimum absolute atomic E-state index is 0.0349. The van der Waals surface area contributed by atoms with Crippen LogP contribution in [0.5, 0.6) is 0 Å². The van der Waals surface area contributed by atoms with E-state index in [9.17, 15) is 4.79 Å². The normalized spacial score (nSPS) is 18.3. The SMILES string of the molecule is CC(C)(C)OC(=O)N[C@H]1CC=C(Br)c2ccccc21. The van der Waals surface area contributed by atoms with Crippen molar-refractivity contribution in [2.45, 2.75) is 38.8 Å². The van der Waals surface area contributed by atoms with Crippen LogP contribution in [0.4, 0.5) is 4.79 Å². The van der Waals surface area contributed by atoms with E-state index < -0.39 is 5.60 Å². The van der Waals surface area contributed by atoms with Gasteiger partial charge in [0.2, 0.25) is 0 Å². The number of amides is 1. The largest absolute Gasteiger partial charge is 0.444 e. The Morgan fingerprint density at radius 1 is 1.37 bits per heavy atom. The molecule has 0 heterocycles. The highest BCUT2D eigenvalue weighted by Gasteiger charge is 2.24. The molecular formula is C15H18BrNO2. The molecule has 102 valence electrons. The zero-order valence-electron chi connectivity index (χ0n) is 11.4. The van der Waals surface area contributed by atoms with Gasteiger partial charge in [-0.05, 0) is 38.3 Å². The summed E-state index contributed by atoms with van der Waals surface area (Å²) in [6.45, 7) is 5.58. The number of rotatable bonds is 1. The van der Waals surface area contributed by atoms with E-state index in [0.717, 1.165) is 22.0 Å². The molecule has 0 bridgehead atoms. The Kier molecular flexibility index (Phi) is 3.99. The van der Waals surface area contributed by atoms with Crippen LogP contribution in [0.1, 0.15) is 44.4 Å². The summed E-state index contributed by atoms with van der Waals surface area (Å²) in [7, 11) is 0. The van der Waals surface area contributed by atoms with Crippen molar-refractivity contribution in [3.63, 3.8) is 0 Å². The van der Waals surface area contributed by atoms with Gasteiger partial charge in [-0.1, -0.05) is 46.3 Å². The molecule has 1 aliphatic rings. The van der Waals surface area contributed by atoms with Crippen LogP contribution < -0.4 is 5.32 Å². The molecule has 0 aromatic heterocycles. The number of halogens is 1. The Morgan fingerprint density at radius 2 is 2.05 bits per heavy atom. The molecule has 0 saturated carbocycles. The fourth-order valence-electron chi connectivity index (χ4n) is 2.06. The number of fused-ring (bicyclic) bond motifs is 1. The first-order valence-corrected chi connectivity index (χ1v) is 7.10. The third-order valence-electron chi connectivity index (χ3n) is 2.82. The van der Waals surface area contributed by atoms with Crippen molar-refractivity contribution in [3.8, 4) is 0 Å². The van der Waals surface area contributed by atoms with Crippen LogP contribution in [0.15, 0.2) is 30.3 Å². The Morgan fingerprint density at radius 3 is 2.74 bits per heavy atom. The lowest BCUT2D eigenvalue weighted by Gasteiger charge is -2.26. The van der Waals surface area contributed by atoms with Gasteiger partial charge in [-0.15, -0.1) is 0 Å². The van der Waals surface area contributed by atoms with Gasteiger partial charge in [-0.3, -0.25) is 0 Å². The zero-order valence-corrected chi connectivity index (χ0v) is 13.0. The fourth-order valence-corrected chi connectivity index (χ4v) is 2.61. The molecule has 1 amide bonds. The molecule has 0 aliphatic heterocycles. The van der Waals surface area contributed by atoms with Crippen molar-refractivity contribution >= 4 is 26.5 Å². The molecule has 0 saturated heterocycles. The average molecular weight is 324 g/mol. The summed E-state index contributed by atoms with van der Waals surface area (Å²) >= 11 is 3.55. The maximum Gasteiger partial charge on any atom is 0.408 e. The molecule has 2 rings (SSSR count). The quantitative estimate of drug-likeness (QED) is 0.832. The van der Waals surface area contributed by atoms with Gasteiger partial charge in [0, 0.05) is 4.48 Å². The maximum absolute atomic E-state index is 11.9. The second-order valence-electron chi connectivity index (χ2n) is 5.57. The number of nitrogens with one attached hydrogen (secondary N) is 1. The molecule has 0 spiro atoms. The maximum atomic E-state index is 11.9. The van der Waals surface area contributed by atoms with E-state index in [2.05, 4.69) is 27.3 Å². The van der Waals surface area contributed by atoms with Crippen molar-refractivity contribution in [2.75, 3.05) is 0 Å². The number of hydrogen-bond donors (Lipinski definition) is 1. The van der Waals surface area contributed by atoms with Crippen LogP contribution >= 0.6 is 15.9 Å². The van der Waals surface area contributed by atoms with E-state index in [-0.39, 0.29) is 12.1 Å². The molecule has 0 fully saturated rings. The lowest BCUT2D eigenvalue weighted by molar-refractivity contribution is 0.0503. The van der Waals surface area contributed by atoms with Gasteiger partial charge in [0.25, 0.3) is 0 Å². The highest BCUT2D eigenvalue weighted by atomic mass is 79.9. The summed E-state index contributed by atoms with van der Waals surface area (Å²) < 4.78 is 6.37. The summed E-state index contributed by atoms with van der Waals surface area (Å²) in [5.74, 6) is 0. The minimum Gasteiger partial charge on any atom is -0.444 e. The summed E-state index contributed by atoms with van der Waals surface area (Å²) in [6, 6.07) is 8.01. The second kappa shape index (κ2) is 5.37. The van der Waals surface area contributed by atoms with E-state index >= 15 is 0 Å². The monoisotopic (exact) mass is 323 g/mol. The zero-order chi connectivity index (χ0) is 14.0. The fraction of sp³-hybridized carbons (Fsp3) is 0.400. The lowest BCUT2D eigenvalue weighted by atomic mass is 9.93. The highest BCUT2D eigenvalue weighted by Crippen LogP contribution is 2.35. The molecule has 0 unspecified atom stereocenters. The van der Waals surface area contributed by atoms with Crippen LogP contribution in [-0.2, 0) is 4.74 Å². The van der Waals surface area contributed by atoms with Gasteiger partial charge >= 0.3 is 6.09 Å². The summed E-state index contributed by atoms with van der Waals surface area (Å²) in [4.78, 5) is 11.9. The minimum atomic E-state index is -0.477. The smallest absolute Gasteiger partial charge is 0.408 e. The summed E-state index contributed by atoms with van der Waals surface area (Å²) in [5, 5.41) is 2.93. The Labute approximate surface area is 122 Å². The topological polar surface area (TPSA) is 38.3 Å². The van der Waals surface area contributed by atoms with E-state index in [1.165, 1.54) is 0 Å². The first kappa shape index (κ1) is 14.1. The predicted octanol–water partition coefficient (Wildman–Crippen LogP) is 4.39. The molecule has 1 aromatic rings. The third kappa shape index (κ3) is 3.60. The predicted molar refractivity (Wildman–Crippen MR) is 80.1 cm³/mol. The van der Waals surface area contributed by atoms with Crippen LogP contribution in [0.25, 0.3) is 4.48 Å². The van der Waals surface area contributed by atoms with Crippen molar-refractivity contribution < 1.29 is 9.53 Å². The third-order valence-corrected chi connectivity index (χ3v) is 3.57. The molecule has 0 radical (unpaired) electrons. The van der Waals surface area contributed by atoms with Gasteiger partial charge in [0.1, 0.15) is 5.60 Å². The van der Waals surface area contributed by atoms with Crippen LogP contribution in [0, 0.1) is 0 Å². The van der Waals surface area contributed by atoms with E-state index in [4.69, 9.17) is 4.74 Å². The Bertz CT molecular complexity index is 517. The molecule has 19 heavy (non-hydrogen) atoms. The van der Waals surface area contributed by atoms with Gasteiger partial charge in [-0.25, -0.2) is 4.79 Å². The Balaban J connectivity index is 2.14.